The van der Waals surface area contributed by atoms with Crippen LogP contribution in [0.5, 0.6) is 5.75 Å². The molecule has 3 aromatic carbocycles. The summed E-state index contributed by atoms with van der Waals surface area (Å²) in [5, 5.41) is 1.07. The molecule has 0 fully saturated rings. The minimum absolute atomic E-state index is 0.542. The molecular weight excluding hydrogens is 494 g/mol. The SMILES string of the molecule is Cc1ccccc1OCCn1c2nc3ccccc3nc2c2cc(Br)cc(Br)c21. The van der Waals surface area contributed by atoms with Crippen molar-refractivity contribution in [3.8, 4) is 5.75 Å². The Kier molecular flexibility index (Phi) is 4.76. The highest BCUT2D eigenvalue weighted by molar-refractivity contribution is 9.11. The summed E-state index contributed by atoms with van der Waals surface area (Å²) in [6, 6.07) is 20.2. The van der Waals surface area contributed by atoms with Gasteiger partial charge >= 0.3 is 0 Å². The first-order valence-corrected chi connectivity index (χ1v) is 10.9. The normalized spacial score (nSPS) is 11.6. The van der Waals surface area contributed by atoms with Crippen molar-refractivity contribution in [3.63, 3.8) is 0 Å². The van der Waals surface area contributed by atoms with Crippen molar-refractivity contribution in [1.82, 2.24) is 14.5 Å². The molecule has 0 aliphatic carbocycles. The van der Waals surface area contributed by atoms with Gasteiger partial charge in [0.05, 0.1) is 23.1 Å². The van der Waals surface area contributed by atoms with Crippen LogP contribution in [0.3, 0.4) is 0 Å². The quantitative estimate of drug-likeness (QED) is 0.271. The van der Waals surface area contributed by atoms with Crippen molar-refractivity contribution in [2.24, 2.45) is 0 Å². The largest absolute Gasteiger partial charge is 0.491 e. The first-order valence-electron chi connectivity index (χ1n) is 9.34. The van der Waals surface area contributed by atoms with Gasteiger partial charge in [-0.25, -0.2) is 9.97 Å². The number of fused-ring (bicyclic) bond motifs is 4. The lowest BCUT2D eigenvalue weighted by Gasteiger charge is -2.11. The van der Waals surface area contributed by atoms with Gasteiger partial charge in [0.15, 0.2) is 5.65 Å². The third kappa shape index (κ3) is 3.30. The number of para-hydroxylation sites is 3. The number of rotatable bonds is 4. The summed E-state index contributed by atoms with van der Waals surface area (Å²) < 4.78 is 10.3. The Bertz CT molecular complexity index is 1380. The number of aryl methyl sites for hydroxylation is 1. The molecular formula is C23H17Br2N3O. The third-order valence-corrected chi connectivity index (χ3v) is 6.09. The molecule has 0 saturated carbocycles. The Morgan fingerprint density at radius 3 is 2.45 bits per heavy atom. The third-order valence-electron chi connectivity index (χ3n) is 5.03. The topological polar surface area (TPSA) is 39.9 Å². The Morgan fingerprint density at radius 1 is 0.931 bits per heavy atom. The fourth-order valence-corrected chi connectivity index (χ4v) is 5.11. The molecule has 2 aromatic heterocycles. The van der Waals surface area contributed by atoms with Crippen molar-refractivity contribution in [2.45, 2.75) is 13.5 Å². The Hall–Kier alpha value is -2.44. The van der Waals surface area contributed by atoms with Gasteiger partial charge in [0.2, 0.25) is 0 Å². The van der Waals surface area contributed by atoms with Crippen LogP contribution < -0.4 is 4.74 Å². The molecule has 0 spiro atoms. The molecule has 0 N–H and O–H groups in total. The first kappa shape index (κ1) is 18.6. The molecule has 0 unspecified atom stereocenters. The lowest BCUT2D eigenvalue weighted by Crippen LogP contribution is -2.09. The number of hydrogen-bond acceptors (Lipinski definition) is 3. The number of benzene rings is 3. The summed E-state index contributed by atoms with van der Waals surface area (Å²) in [6.07, 6.45) is 0. The second-order valence-electron chi connectivity index (χ2n) is 6.93. The van der Waals surface area contributed by atoms with Gasteiger partial charge in [-0.15, -0.1) is 0 Å². The van der Waals surface area contributed by atoms with E-state index in [2.05, 4.69) is 61.5 Å². The van der Waals surface area contributed by atoms with Crippen LogP contribution in [0, 0.1) is 6.92 Å². The Morgan fingerprint density at radius 2 is 1.66 bits per heavy atom. The Balaban J connectivity index is 1.65. The van der Waals surface area contributed by atoms with Crippen molar-refractivity contribution in [3.05, 3.63) is 75.2 Å². The molecule has 6 heteroatoms. The van der Waals surface area contributed by atoms with Crippen LogP contribution in [-0.2, 0) is 6.54 Å². The van der Waals surface area contributed by atoms with E-state index in [0.29, 0.717) is 13.2 Å². The van der Waals surface area contributed by atoms with Crippen LogP contribution in [0.1, 0.15) is 5.56 Å². The highest BCUT2D eigenvalue weighted by Crippen LogP contribution is 2.35. The number of aromatic nitrogens is 3. The fraction of sp³-hybridized carbons (Fsp3) is 0.130. The average Bonchev–Trinajstić information content (AvgIpc) is 3.01. The van der Waals surface area contributed by atoms with Crippen molar-refractivity contribution in [1.29, 1.82) is 0 Å². The van der Waals surface area contributed by atoms with E-state index in [1.54, 1.807) is 0 Å². The second kappa shape index (κ2) is 7.43. The molecule has 0 saturated heterocycles. The molecule has 4 nitrogen and oxygen atoms in total. The predicted molar refractivity (Wildman–Crippen MR) is 125 cm³/mol. The van der Waals surface area contributed by atoms with E-state index in [4.69, 9.17) is 14.7 Å². The number of nitrogens with zero attached hydrogens (tertiary/aromatic N) is 3. The predicted octanol–water partition coefficient (Wildman–Crippen LogP) is 6.65. The van der Waals surface area contributed by atoms with E-state index in [1.165, 1.54) is 0 Å². The monoisotopic (exact) mass is 509 g/mol. The van der Waals surface area contributed by atoms with E-state index in [0.717, 1.165) is 53.4 Å². The highest BCUT2D eigenvalue weighted by Gasteiger charge is 2.17. The van der Waals surface area contributed by atoms with Crippen molar-refractivity contribution >= 4 is 65.0 Å². The minimum Gasteiger partial charge on any atom is -0.491 e. The lowest BCUT2D eigenvalue weighted by atomic mass is 10.2. The maximum Gasteiger partial charge on any atom is 0.160 e. The Labute approximate surface area is 184 Å². The minimum atomic E-state index is 0.542. The van der Waals surface area contributed by atoms with E-state index in [-0.39, 0.29) is 0 Å². The zero-order chi connectivity index (χ0) is 20.0. The number of halogens is 2. The van der Waals surface area contributed by atoms with E-state index in [9.17, 15) is 0 Å². The standard InChI is InChI=1S/C23H17Br2N3O/c1-14-6-2-5-9-20(14)29-11-10-28-22-16(12-15(24)13-17(22)25)21-23(28)27-19-8-4-3-7-18(19)26-21/h2-9,12-13H,10-11H2,1H3. The van der Waals surface area contributed by atoms with Gasteiger partial charge in [0.25, 0.3) is 0 Å². The second-order valence-corrected chi connectivity index (χ2v) is 8.70. The summed E-state index contributed by atoms with van der Waals surface area (Å²) in [7, 11) is 0. The molecule has 0 aliphatic heterocycles. The first-order chi connectivity index (χ1) is 14.1. The molecule has 2 heterocycles. The molecule has 0 atom stereocenters. The summed E-state index contributed by atoms with van der Waals surface area (Å²) in [5.41, 5.74) is 5.75. The molecule has 0 amide bonds. The van der Waals surface area contributed by atoms with Gasteiger partial charge in [-0.3, -0.25) is 0 Å². The zero-order valence-corrected chi connectivity index (χ0v) is 18.9. The van der Waals surface area contributed by atoms with Crippen molar-refractivity contribution in [2.75, 3.05) is 6.61 Å². The van der Waals surface area contributed by atoms with Gasteiger partial charge in [-0.05, 0) is 58.7 Å². The fourth-order valence-electron chi connectivity index (χ4n) is 3.67. The average molecular weight is 511 g/mol. The summed E-state index contributed by atoms with van der Waals surface area (Å²) in [5.74, 6) is 0.909. The van der Waals surface area contributed by atoms with Gasteiger partial charge < -0.3 is 9.30 Å². The summed E-state index contributed by atoms with van der Waals surface area (Å²) in [6.45, 7) is 3.27. The van der Waals surface area contributed by atoms with Gasteiger partial charge in [-0.1, -0.05) is 46.3 Å². The van der Waals surface area contributed by atoms with E-state index in [1.807, 2.05) is 42.5 Å². The molecule has 144 valence electrons. The van der Waals surface area contributed by atoms with E-state index < -0.39 is 0 Å². The lowest BCUT2D eigenvalue weighted by molar-refractivity contribution is 0.300. The van der Waals surface area contributed by atoms with Gasteiger partial charge in [-0.2, -0.15) is 0 Å². The number of ether oxygens (including phenoxy) is 1. The molecule has 0 aliphatic rings. The summed E-state index contributed by atoms with van der Waals surface area (Å²) in [4.78, 5) is 9.86. The van der Waals surface area contributed by atoms with Crippen LogP contribution in [-0.4, -0.2) is 21.1 Å². The van der Waals surface area contributed by atoms with Gasteiger partial charge in [0, 0.05) is 14.3 Å². The van der Waals surface area contributed by atoms with E-state index >= 15 is 0 Å². The van der Waals surface area contributed by atoms with Crippen LogP contribution in [0.4, 0.5) is 0 Å². The van der Waals surface area contributed by atoms with Crippen LogP contribution in [0.15, 0.2) is 69.6 Å². The molecule has 5 aromatic rings. The number of hydrogen-bond donors (Lipinski definition) is 0. The maximum absolute atomic E-state index is 6.07. The maximum atomic E-state index is 6.07. The van der Waals surface area contributed by atoms with Crippen molar-refractivity contribution < 1.29 is 4.74 Å². The highest BCUT2D eigenvalue weighted by atomic mass is 79.9. The van der Waals surface area contributed by atoms with Crippen LogP contribution in [0.25, 0.3) is 33.1 Å². The zero-order valence-electron chi connectivity index (χ0n) is 15.7. The molecule has 5 rings (SSSR count). The smallest absolute Gasteiger partial charge is 0.160 e. The summed E-state index contributed by atoms with van der Waals surface area (Å²) >= 11 is 7.34. The van der Waals surface area contributed by atoms with Crippen LogP contribution in [0.2, 0.25) is 0 Å². The molecule has 29 heavy (non-hydrogen) atoms. The molecule has 0 bridgehead atoms. The van der Waals surface area contributed by atoms with Gasteiger partial charge in [0.1, 0.15) is 17.9 Å². The molecule has 0 radical (unpaired) electrons. The van der Waals surface area contributed by atoms with Crippen LogP contribution >= 0.6 is 31.9 Å².